The van der Waals surface area contributed by atoms with Crippen LogP contribution in [0.3, 0.4) is 0 Å². The molecule has 0 bridgehead atoms. The normalized spacial score (nSPS) is 11.1. The number of hydrogen-bond donors (Lipinski definition) is 1. The van der Waals surface area contributed by atoms with Gasteiger partial charge in [0.05, 0.1) is 16.8 Å². The molecule has 0 spiro atoms. The van der Waals surface area contributed by atoms with Gasteiger partial charge in [-0.2, -0.15) is 0 Å². The third-order valence-corrected chi connectivity index (χ3v) is 6.44. The maximum atomic E-state index is 12.5. The molecular formula is C25H22N6OS. The van der Waals surface area contributed by atoms with E-state index in [1.165, 1.54) is 22.9 Å². The Morgan fingerprint density at radius 3 is 2.52 bits per heavy atom. The van der Waals surface area contributed by atoms with E-state index in [-0.39, 0.29) is 11.7 Å². The highest BCUT2D eigenvalue weighted by Gasteiger charge is 2.11. The Hall–Kier alpha value is -3.91. The van der Waals surface area contributed by atoms with E-state index in [1.54, 1.807) is 12.7 Å². The van der Waals surface area contributed by atoms with Gasteiger partial charge in [0.15, 0.2) is 5.16 Å². The van der Waals surface area contributed by atoms with Crippen LogP contribution in [0, 0.1) is 13.8 Å². The van der Waals surface area contributed by atoms with Crippen LogP contribution in [-0.4, -0.2) is 36.0 Å². The second kappa shape index (κ2) is 8.91. The quantitative estimate of drug-likeness (QED) is 0.367. The average Bonchev–Trinajstić information content (AvgIpc) is 3.47. The van der Waals surface area contributed by atoms with E-state index in [4.69, 9.17) is 0 Å². The van der Waals surface area contributed by atoms with E-state index < -0.39 is 0 Å². The zero-order chi connectivity index (χ0) is 22.8. The molecule has 0 radical (unpaired) electrons. The SMILES string of the molecule is Cc1ccc(-n2cnnc2SCC(=O)Nc2ccc(-n3cnc4ccccc43)cc2)cc1C. The monoisotopic (exact) mass is 454 g/mol. The van der Waals surface area contributed by atoms with Crippen molar-refractivity contribution in [3.05, 3.63) is 90.5 Å². The van der Waals surface area contributed by atoms with Crippen LogP contribution in [0.4, 0.5) is 5.69 Å². The van der Waals surface area contributed by atoms with Crippen molar-refractivity contribution in [2.45, 2.75) is 19.0 Å². The molecule has 3 aromatic carbocycles. The first kappa shape index (κ1) is 21.0. The van der Waals surface area contributed by atoms with Crippen LogP contribution in [0.2, 0.25) is 0 Å². The Morgan fingerprint density at radius 1 is 0.909 bits per heavy atom. The van der Waals surface area contributed by atoms with Crippen molar-refractivity contribution in [2.24, 2.45) is 0 Å². The fourth-order valence-corrected chi connectivity index (χ4v) is 4.30. The molecule has 0 saturated carbocycles. The number of aromatic nitrogens is 5. The molecule has 7 nitrogen and oxygen atoms in total. The molecule has 5 aromatic rings. The van der Waals surface area contributed by atoms with Crippen molar-refractivity contribution in [3.63, 3.8) is 0 Å². The molecular weight excluding hydrogens is 432 g/mol. The number of amides is 1. The summed E-state index contributed by atoms with van der Waals surface area (Å²) in [6.45, 7) is 4.15. The number of carbonyl (C=O) groups is 1. The predicted octanol–water partition coefficient (Wildman–Crippen LogP) is 4.95. The zero-order valence-electron chi connectivity index (χ0n) is 18.3. The topological polar surface area (TPSA) is 77.6 Å². The van der Waals surface area contributed by atoms with E-state index in [0.29, 0.717) is 5.16 Å². The van der Waals surface area contributed by atoms with Gasteiger partial charge in [0.2, 0.25) is 5.91 Å². The highest BCUT2D eigenvalue weighted by molar-refractivity contribution is 7.99. The molecule has 0 aliphatic rings. The molecule has 8 heteroatoms. The van der Waals surface area contributed by atoms with Crippen molar-refractivity contribution < 1.29 is 4.79 Å². The second-order valence-electron chi connectivity index (χ2n) is 7.74. The van der Waals surface area contributed by atoms with Gasteiger partial charge in [-0.25, -0.2) is 4.98 Å². The molecule has 0 unspecified atom stereocenters. The molecule has 0 fully saturated rings. The molecule has 33 heavy (non-hydrogen) atoms. The minimum Gasteiger partial charge on any atom is -0.325 e. The number of benzene rings is 3. The van der Waals surface area contributed by atoms with Crippen molar-refractivity contribution >= 4 is 34.4 Å². The van der Waals surface area contributed by atoms with Gasteiger partial charge in [-0.05, 0) is 73.5 Å². The summed E-state index contributed by atoms with van der Waals surface area (Å²) in [5.74, 6) is 0.132. The molecule has 0 atom stereocenters. The zero-order valence-corrected chi connectivity index (χ0v) is 19.1. The van der Waals surface area contributed by atoms with Gasteiger partial charge in [0.25, 0.3) is 0 Å². The lowest BCUT2D eigenvalue weighted by Gasteiger charge is -2.09. The Bertz CT molecular complexity index is 1440. The molecule has 2 heterocycles. The third-order valence-electron chi connectivity index (χ3n) is 5.50. The van der Waals surface area contributed by atoms with Gasteiger partial charge < -0.3 is 5.32 Å². The highest BCUT2D eigenvalue weighted by Crippen LogP contribution is 2.23. The first-order valence-corrected chi connectivity index (χ1v) is 11.5. The first-order valence-electron chi connectivity index (χ1n) is 10.5. The van der Waals surface area contributed by atoms with Crippen molar-refractivity contribution in [1.82, 2.24) is 24.3 Å². The number of rotatable bonds is 6. The van der Waals surface area contributed by atoms with Gasteiger partial charge >= 0.3 is 0 Å². The molecule has 5 rings (SSSR count). The number of anilines is 1. The van der Waals surface area contributed by atoms with Crippen LogP contribution >= 0.6 is 11.8 Å². The molecule has 0 aliphatic carbocycles. The number of aryl methyl sites for hydroxylation is 2. The van der Waals surface area contributed by atoms with E-state index in [2.05, 4.69) is 46.5 Å². The Balaban J connectivity index is 1.23. The molecule has 1 amide bonds. The van der Waals surface area contributed by atoms with Crippen LogP contribution in [0.25, 0.3) is 22.4 Å². The lowest BCUT2D eigenvalue weighted by Crippen LogP contribution is -2.14. The number of fused-ring (bicyclic) bond motifs is 1. The first-order chi connectivity index (χ1) is 16.1. The molecule has 0 saturated heterocycles. The van der Waals surface area contributed by atoms with E-state index in [1.807, 2.05) is 63.7 Å². The molecule has 0 aliphatic heterocycles. The molecule has 164 valence electrons. The van der Waals surface area contributed by atoms with Crippen LogP contribution < -0.4 is 5.32 Å². The summed E-state index contributed by atoms with van der Waals surface area (Å²) in [6, 6.07) is 21.9. The number of hydrogen-bond acceptors (Lipinski definition) is 5. The maximum absolute atomic E-state index is 12.5. The third kappa shape index (κ3) is 4.38. The van der Waals surface area contributed by atoms with Gasteiger partial charge in [-0.1, -0.05) is 30.0 Å². The minimum atomic E-state index is -0.101. The minimum absolute atomic E-state index is 0.101. The largest absolute Gasteiger partial charge is 0.325 e. The maximum Gasteiger partial charge on any atom is 0.234 e. The standard InChI is InChI=1S/C25H22N6OS/c1-17-7-10-21(13-18(17)2)31-16-27-29-25(31)33-14-24(32)28-19-8-11-20(12-9-19)30-15-26-22-5-3-4-6-23(22)30/h3-13,15-16H,14H2,1-2H3,(H,28,32). The van der Waals surface area contributed by atoms with E-state index in [9.17, 15) is 4.79 Å². The Labute approximate surface area is 195 Å². The summed E-state index contributed by atoms with van der Waals surface area (Å²) in [5, 5.41) is 11.8. The summed E-state index contributed by atoms with van der Waals surface area (Å²) in [7, 11) is 0. The van der Waals surface area contributed by atoms with Crippen LogP contribution in [0.5, 0.6) is 0 Å². The fraction of sp³-hybridized carbons (Fsp3) is 0.120. The van der Waals surface area contributed by atoms with E-state index >= 15 is 0 Å². The number of thioether (sulfide) groups is 1. The van der Waals surface area contributed by atoms with Crippen molar-refractivity contribution in [3.8, 4) is 11.4 Å². The summed E-state index contributed by atoms with van der Waals surface area (Å²) in [6.07, 6.45) is 3.48. The Kier molecular flexibility index (Phi) is 5.66. The number of nitrogens with zero attached hydrogens (tertiary/aromatic N) is 5. The number of imidazole rings is 1. The summed E-state index contributed by atoms with van der Waals surface area (Å²) >= 11 is 1.35. The molecule has 2 aromatic heterocycles. The molecule has 1 N–H and O–H groups in total. The lowest BCUT2D eigenvalue weighted by atomic mass is 10.1. The number of carbonyl (C=O) groups excluding carboxylic acids is 1. The number of para-hydroxylation sites is 2. The fourth-order valence-electron chi connectivity index (χ4n) is 3.57. The van der Waals surface area contributed by atoms with Gasteiger partial charge in [0, 0.05) is 17.1 Å². The van der Waals surface area contributed by atoms with Crippen molar-refractivity contribution in [2.75, 3.05) is 11.1 Å². The average molecular weight is 455 g/mol. The van der Waals surface area contributed by atoms with Crippen LogP contribution in [0.1, 0.15) is 11.1 Å². The summed E-state index contributed by atoms with van der Waals surface area (Å²) < 4.78 is 3.92. The van der Waals surface area contributed by atoms with Gasteiger partial charge in [-0.3, -0.25) is 13.9 Å². The second-order valence-corrected chi connectivity index (χ2v) is 8.68. The highest BCUT2D eigenvalue weighted by atomic mass is 32.2. The van der Waals surface area contributed by atoms with Gasteiger partial charge in [0.1, 0.15) is 12.7 Å². The number of nitrogens with one attached hydrogen (secondary N) is 1. The van der Waals surface area contributed by atoms with Crippen molar-refractivity contribution in [1.29, 1.82) is 0 Å². The van der Waals surface area contributed by atoms with Crippen LogP contribution in [-0.2, 0) is 4.79 Å². The van der Waals surface area contributed by atoms with Crippen LogP contribution in [0.15, 0.2) is 84.5 Å². The van der Waals surface area contributed by atoms with E-state index in [0.717, 1.165) is 28.1 Å². The predicted molar refractivity (Wildman–Crippen MR) is 131 cm³/mol. The summed E-state index contributed by atoms with van der Waals surface area (Å²) in [5.41, 5.74) is 7.12. The van der Waals surface area contributed by atoms with Gasteiger partial charge in [-0.15, -0.1) is 10.2 Å². The summed E-state index contributed by atoms with van der Waals surface area (Å²) in [4.78, 5) is 17.0. The smallest absolute Gasteiger partial charge is 0.234 e. The Morgan fingerprint density at radius 2 is 1.70 bits per heavy atom. The lowest BCUT2D eigenvalue weighted by molar-refractivity contribution is -0.113.